The van der Waals surface area contributed by atoms with E-state index in [9.17, 15) is 53.5 Å². The van der Waals surface area contributed by atoms with Crippen LogP contribution >= 0.6 is 15.9 Å². The zero-order chi connectivity index (χ0) is 34.7. The lowest BCUT2D eigenvalue weighted by molar-refractivity contribution is -0.348. The molecule has 3 rings (SSSR count). The molecule has 0 unspecified atom stereocenters. The SMILES string of the molecule is CCOCCCN(C(=O)c1ccccc1)c1cccc(C(=O)Nc2c(Br)cc(C(F)(C(F)(F)F)C(F)(F)F)cc2C(F)(F)F)c1F. The molecule has 0 saturated carbocycles. The van der Waals surface area contributed by atoms with E-state index in [1.807, 2.05) is 0 Å². The molecule has 0 radical (unpaired) electrons. The number of rotatable bonds is 10. The third kappa shape index (κ3) is 7.62. The van der Waals surface area contributed by atoms with Crippen molar-refractivity contribution < 1.29 is 62.6 Å². The number of anilines is 2. The van der Waals surface area contributed by atoms with Crippen LogP contribution < -0.4 is 10.2 Å². The Labute approximate surface area is 262 Å². The largest absolute Gasteiger partial charge is 0.435 e. The van der Waals surface area contributed by atoms with Gasteiger partial charge in [-0.2, -0.15) is 39.5 Å². The van der Waals surface area contributed by atoms with Crippen molar-refractivity contribution in [2.24, 2.45) is 0 Å². The molecule has 0 saturated heterocycles. The highest BCUT2D eigenvalue weighted by Crippen LogP contribution is 2.55. The second-order valence-electron chi connectivity index (χ2n) is 9.50. The lowest BCUT2D eigenvalue weighted by atomic mass is 9.92. The van der Waals surface area contributed by atoms with Crippen LogP contribution in [0.3, 0.4) is 0 Å². The monoisotopic (exact) mass is 734 g/mol. The first-order valence-electron chi connectivity index (χ1n) is 13.0. The first-order valence-corrected chi connectivity index (χ1v) is 13.8. The molecule has 0 aromatic heterocycles. The van der Waals surface area contributed by atoms with Gasteiger partial charge in [-0.1, -0.05) is 24.3 Å². The van der Waals surface area contributed by atoms with E-state index in [0.29, 0.717) is 6.61 Å². The topological polar surface area (TPSA) is 58.6 Å². The summed E-state index contributed by atoms with van der Waals surface area (Å²) < 4.78 is 156. The number of halogens is 12. The molecule has 250 valence electrons. The van der Waals surface area contributed by atoms with E-state index in [1.165, 1.54) is 24.3 Å². The zero-order valence-corrected chi connectivity index (χ0v) is 24.9. The number of benzene rings is 3. The molecular weight excluding hydrogens is 713 g/mol. The Bertz CT molecular complexity index is 1540. The summed E-state index contributed by atoms with van der Waals surface area (Å²) in [5.41, 5.74) is -13.7. The fraction of sp³-hybridized carbons (Fsp3) is 0.310. The van der Waals surface area contributed by atoms with Crippen molar-refractivity contribution in [3.63, 3.8) is 0 Å². The molecule has 17 heteroatoms. The maximum absolute atomic E-state index is 15.8. The van der Waals surface area contributed by atoms with E-state index in [4.69, 9.17) is 4.74 Å². The molecule has 0 spiro atoms. The maximum Gasteiger partial charge on any atom is 0.435 e. The standard InChI is InChI=1S/C29H22BrF11N2O3/c1-2-46-13-7-12-43(25(45)16-8-4-3-5-9-16)21-11-6-10-18(22(21)31)24(44)42-23-19(27(33,34)35)14-17(15-20(23)30)26(32,28(36,37)38)29(39,40)41/h3-6,8-11,14-15H,2,7,12-13H2,1H3,(H,42,44). The van der Waals surface area contributed by atoms with Crippen molar-refractivity contribution in [2.45, 2.75) is 37.5 Å². The van der Waals surface area contributed by atoms with Crippen LogP contribution in [0.1, 0.15) is 45.2 Å². The molecule has 0 heterocycles. The normalized spacial score (nSPS) is 12.6. The predicted molar refractivity (Wildman–Crippen MR) is 148 cm³/mol. The summed E-state index contributed by atoms with van der Waals surface area (Å²) >= 11 is 2.39. The molecule has 0 fully saturated rings. The molecule has 1 N–H and O–H groups in total. The van der Waals surface area contributed by atoms with Crippen molar-refractivity contribution in [3.8, 4) is 0 Å². The Morgan fingerprint density at radius 1 is 0.870 bits per heavy atom. The summed E-state index contributed by atoms with van der Waals surface area (Å²) in [6, 6.07) is 9.57. The first-order chi connectivity index (χ1) is 21.3. The quantitative estimate of drug-likeness (QED) is 0.167. The molecule has 46 heavy (non-hydrogen) atoms. The van der Waals surface area contributed by atoms with Crippen LogP contribution in [-0.2, 0) is 16.6 Å². The van der Waals surface area contributed by atoms with E-state index in [0.717, 1.165) is 23.1 Å². The lowest BCUT2D eigenvalue weighted by Gasteiger charge is -2.31. The second kappa shape index (κ2) is 13.9. The smallest absolute Gasteiger partial charge is 0.382 e. The third-order valence-corrected chi connectivity index (χ3v) is 7.09. The third-order valence-electron chi connectivity index (χ3n) is 6.47. The summed E-state index contributed by atoms with van der Waals surface area (Å²) in [5, 5.41) is 1.63. The van der Waals surface area contributed by atoms with E-state index in [-0.39, 0.29) is 31.2 Å². The Hall–Kier alpha value is -3.73. The molecule has 0 aliphatic rings. The van der Waals surface area contributed by atoms with Gasteiger partial charge in [0.05, 0.1) is 22.5 Å². The highest BCUT2D eigenvalue weighted by Gasteiger charge is 2.73. The van der Waals surface area contributed by atoms with Crippen molar-refractivity contribution in [1.82, 2.24) is 0 Å². The van der Waals surface area contributed by atoms with Gasteiger partial charge < -0.3 is 15.0 Å². The van der Waals surface area contributed by atoms with Gasteiger partial charge in [0.1, 0.15) is 0 Å². The molecule has 5 nitrogen and oxygen atoms in total. The summed E-state index contributed by atoms with van der Waals surface area (Å²) in [7, 11) is 0. The van der Waals surface area contributed by atoms with Gasteiger partial charge in [0, 0.05) is 35.4 Å². The Morgan fingerprint density at radius 3 is 2.02 bits per heavy atom. The highest BCUT2D eigenvalue weighted by atomic mass is 79.9. The Balaban J connectivity index is 2.10. The van der Waals surface area contributed by atoms with Gasteiger partial charge in [-0.05, 0) is 65.7 Å². The summed E-state index contributed by atoms with van der Waals surface area (Å²) in [5.74, 6) is -3.73. The van der Waals surface area contributed by atoms with Crippen molar-refractivity contribution in [2.75, 3.05) is 30.0 Å². The number of carbonyl (C=O) groups is 2. The van der Waals surface area contributed by atoms with Crippen LogP contribution in [0.15, 0.2) is 65.1 Å². The van der Waals surface area contributed by atoms with Crippen molar-refractivity contribution >= 4 is 39.1 Å². The minimum atomic E-state index is -6.73. The Morgan fingerprint density at radius 2 is 1.48 bits per heavy atom. The van der Waals surface area contributed by atoms with Crippen molar-refractivity contribution in [3.05, 3.63) is 93.2 Å². The molecule has 0 atom stereocenters. The second-order valence-corrected chi connectivity index (χ2v) is 10.4. The van der Waals surface area contributed by atoms with Gasteiger partial charge in [0.25, 0.3) is 11.8 Å². The number of amides is 2. The van der Waals surface area contributed by atoms with Crippen LogP contribution in [0.2, 0.25) is 0 Å². The molecule has 2 amide bonds. The molecule has 3 aromatic carbocycles. The number of nitrogens with one attached hydrogen (secondary N) is 1. The van der Waals surface area contributed by atoms with Gasteiger partial charge >= 0.3 is 24.2 Å². The van der Waals surface area contributed by atoms with Crippen LogP contribution in [-0.4, -0.2) is 43.9 Å². The number of nitrogens with zero attached hydrogens (tertiary/aromatic N) is 1. The van der Waals surface area contributed by atoms with Gasteiger partial charge in [-0.3, -0.25) is 9.59 Å². The van der Waals surface area contributed by atoms with Gasteiger partial charge in [0.15, 0.2) is 5.82 Å². The fourth-order valence-electron chi connectivity index (χ4n) is 4.27. The summed E-state index contributed by atoms with van der Waals surface area (Å²) in [6.45, 7) is 2.07. The van der Waals surface area contributed by atoms with Gasteiger partial charge in [0.2, 0.25) is 0 Å². The van der Waals surface area contributed by atoms with E-state index in [1.54, 1.807) is 18.3 Å². The molecule has 3 aromatic rings. The first kappa shape index (κ1) is 36.7. The maximum atomic E-state index is 15.8. The van der Waals surface area contributed by atoms with Gasteiger partial charge in [-0.15, -0.1) is 0 Å². The Kier molecular flexibility index (Phi) is 11.1. The molecule has 0 aliphatic heterocycles. The minimum absolute atomic E-state index is 0.119. The minimum Gasteiger partial charge on any atom is -0.382 e. The number of hydrogen-bond acceptors (Lipinski definition) is 3. The van der Waals surface area contributed by atoms with E-state index in [2.05, 4.69) is 15.9 Å². The zero-order valence-electron chi connectivity index (χ0n) is 23.3. The number of hydrogen-bond donors (Lipinski definition) is 1. The highest BCUT2D eigenvalue weighted by molar-refractivity contribution is 9.10. The lowest BCUT2D eigenvalue weighted by Crippen LogP contribution is -2.50. The van der Waals surface area contributed by atoms with Crippen LogP contribution in [0.25, 0.3) is 0 Å². The summed E-state index contributed by atoms with van der Waals surface area (Å²) in [6.07, 6.45) is -19.0. The van der Waals surface area contributed by atoms with E-state index >= 15 is 4.39 Å². The average molecular weight is 735 g/mol. The number of carbonyl (C=O) groups excluding carboxylic acids is 2. The predicted octanol–water partition coefficient (Wildman–Crippen LogP) is 9.22. The van der Waals surface area contributed by atoms with E-state index < -0.39 is 80.4 Å². The van der Waals surface area contributed by atoms with Gasteiger partial charge in [-0.25, -0.2) is 8.78 Å². The molecular formula is C29H22BrF11N2O3. The fourth-order valence-corrected chi connectivity index (χ4v) is 4.83. The van der Waals surface area contributed by atoms with Crippen LogP contribution in [0, 0.1) is 5.82 Å². The van der Waals surface area contributed by atoms with Crippen LogP contribution in [0.4, 0.5) is 59.7 Å². The van der Waals surface area contributed by atoms with Crippen LogP contribution in [0.5, 0.6) is 0 Å². The number of ether oxygens (including phenoxy) is 1. The van der Waals surface area contributed by atoms with Crippen molar-refractivity contribution in [1.29, 1.82) is 0 Å². The number of alkyl halides is 10. The average Bonchev–Trinajstić information content (AvgIpc) is 2.96. The molecule has 0 aliphatic carbocycles. The molecule has 0 bridgehead atoms. The summed E-state index contributed by atoms with van der Waals surface area (Å²) in [4.78, 5) is 27.3.